The fourth-order valence-corrected chi connectivity index (χ4v) is 3.59. The van der Waals surface area contributed by atoms with Crippen LogP contribution < -0.4 is 10.6 Å². The number of thiazole rings is 1. The van der Waals surface area contributed by atoms with Crippen molar-refractivity contribution in [2.24, 2.45) is 0 Å². The Morgan fingerprint density at radius 1 is 1.48 bits per heavy atom. The summed E-state index contributed by atoms with van der Waals surface area (Å²) < 4.78 is 67.5. The first-order valence-electron chi connectivity index (χ1n) is 9.19. The van der Waals surface area contributed by atoms with Crippen LogP contribution in [0.3, 0.4) is 0 Å². The molecule has 7 nitrogen and oxygen atoms in total. The number of carbonyl (C=O) groups is 1. The van der Waals surface area contributed by atoms with E-state index >= 15 is 0 Å². The van der Waals surface area contributed by atoms with Crippen LogP contribution in [0, 0.1) is 0 Å². The van der Waals surface area contributed by atoms with Gasteiger partial charge in [0.2, 0.25) is 5.95 Å². The molecule has 2 aromatic rings. The van der Waals surface area contributed by atoms with E-state index in [4.69, 9.17) is 20.5 Å². The Labute approximate surface area is 165 Å². The van der Waals surface area contributed by atoms with Crippen LogP contribution >= 0.6 is 22.9 Å². The molecule has 12 heteroatoms. The van der Waals surface area contributed by atoms with Gasteiger partial charge in [-0.1, -0.05) is 22.9 Å². The van der Waals surface area contributed by atoms with Gasteiger partial charge in [0.05, 0.1) is 6.61 Å². The van der Waals surface area contributed by atoms with E-state index < -0.39 is 35.8 Å². The van der Waals surface area contributed by atoms with E-state index in [1.807, 2.05) is 0 Å². The number of alkyl halides is 3. The largest absolute Gasteiger partial charge is 0.465 e. The summed E-state index contributed by atoms with van der Waals surface area (Å²) in [6.07, 6.45) is -4.14. The maximum atomic E-state index is 13.1. The SMILES string of the molecule is [2H]C([2H])([2H])[C@]1(c2nc(Cl)c(Nc3ncc(C(F)(F)F)c(NCC)n3)s2)CCOC1=O. The number of rotatable bonds is 5. The highest BCUT2D eigenvalue weighted by Crippen LogP contribution is 2.42. The summed E-state index contributed by atoms with van der Waals surface area (Å²) in [7, 11) is 0. The number of ether oxygens (including phenoxy) is 1. The van der Waals surface area contributed by atoms with Gasteiger partial charge in [-0.05, 0) is 13.8 Å². The van der Waals surface area contributed by atoms with E-state index in [1.165, 1.54) is 0 Å². The molecule has 0 bridgehead atoms. The van der Waals surface area contributed by atoms with Gasteiger partial charge in [-0.25, -0.2) is 9.97 Å². The molecule has 0 saturated carbocycles. The molecule has 0 aromatic carbocycles. The molecule has 2 aromatic heterocycles. The van der Waals surface area contributed by atoms with Crippen LogP contribution in [0.5, 0.6) is 0 Å². The minimum Gasteiger partial charge on any atom is -0.465 e. The average Bonchev–Trinajstić information content (AvgIpc) is 3.18. The molecule has 1 saturated heterocycles. The predicted octanol–water partition coefficient (Wildman–Crippen LogP) is 3.99. The third kappa shape index (κ3) is 3.79. The standard InChI is InChI=1S/C15H15ClF3N5O2S/c1-3-20-9-7(15(17,18)19)6-21-13(23-9)24-10-8(16)22-11(27-10)14(2)4-5-26-12(14)25/h6H,3-5H2,1-2H3,(H2,20,21,23,24)/t14-/m1/s1/i2D3. The van der Waals surface area contributed by atoms with Gasteiger partial charge in [0.1, 0.15) is 26.8 Å². The van der Waals surface area contributed by atoms with Crippen LogP contribution in [0.2, 0.25) is 5.15 Å². The van der Waals surface area contributed by atoms with Crippen LogP contribution in [-0.2, 0) is 21.1 Å². The van der Waals surface area contributed by atoms with Crippen molar-refractivity contribution in [1.82, 2.24) is 15.0 Å². The summed E-state index contributed by atoms with van der Waals surface area (Å²) in [5, 5.41) is 4.97. The van der Waals surface area contributed by atoms with Crippen molar-refractivity contribution < 1.29 is 26.8 Å². The van der Waals surface area contributed by atoms with Gasteiger partial charge >= 0.3 is 12.1 Å². The van der Waals surface area contributed by atoms with Gasteiger partial charge in [-0.3, -0.25) is 4.79 Å². The lowest BCUT2D eigenvalue weighted by Crippen LogP contribution is -2.27. The van der Waals surface area contributed by atoms with Crippen LogP contribution in [0.1, 0.15) is 34.9 Å². The molecule has 146 valence electrons. The maximum Gasteiger partial charge on any atom is 0.421 e. The van der Waals surface area contributed by atoms with Gasteiger partial charge in [0.25, 0.3) is 0 Å². The summed E-state index contributed by atoms with van der Waals surface area (Å²) in [4.78, 5) is 23.7. The number of halogens is 4. The van der Waals surface area contributed by atoms with Crippen molar-refractivity contribution in [2.45, 2.75) is 31.8 Å². The number of anilines is 3. The molecule has 0 amide bonds. The normalized spacial score (nSPS) is 22.0. The van der Waals surface area contributed by atoms with E-state index in [-0.39, 0.29) is 40.7 Å². The first-order valence-corrected chi connectivity index (χ1v) is 8.88. The zero-order valence-corrected chi connectivity index (χ0v) is 15.3. The van der Waals surface area contributed by atoms with Crippen LogP contribution in [0.25, 0.3) is 0 Å². The van der Waals surface area contributed by atoms with Gasteiger partial charge in [-0.15, -0.1) is 0 Å². The molecular weight excluding hydrogens is 407 g/mol. The molecule has 2 N–H and O–H groups in total. The summed E-state index contributed by atoms with van der Waals surface area (Å²) in [6, 6.07) is 0. The number of esters is 1. The Morgan fingerprint density at radius 3 is 2.85 bits per heavy atom. The lowest BCUT2D eigenvalue weighted by Gasteiger charge is -2.14. The number of hydrogen-bond acceptors (Lipinski definition) is 8. The van der Waals surface area contributed by atoms with E-state index in [2.05, 4.69) is 25.6 Å². The van der Waals surface area contributed by atoms with Crippen LogP contribution in [-0.4, -0.2) is 34.1 Å². The lowest BCUT2D eigenvalue weighted by atomic mass is 9.90. The second kappa shape index (κ2) is 7.12. The Kier molecular flexibility index (Phi) is 4.18. The number of aromatic nitrogens is 3. The van der Waals surface area contributed by atoms with Crippen molar-refractivity contribution in [2.75, 3.05) is 23.8 Å². The van der Waals surface area contributed by atoms with Gasteiger partial charge in [0, 0.05) is 23.3 Å². The van der Waals surface area contributed by atoms with Crippen molar-refractivity contribution in [3.8, 4) is 0 Å². The quantitative estimate of drug-likeness (QED) is 0.701. The van der Waals surface area contributed by atoms with E-state index in [0.29, 0.717) is 6.20 Å². The average molecular weight is 425 g/mol. The first kappa shape index (κ1) is 15.9. The summed E-state index contributed by atoms with van der Waals surface area (Å²) in [6.45, 7) is -1.02. The van der Waals surface area contributed by atoms with E-state index in [9.17, 15) is 18.0 Å². The molecule has 1 atom stereocenters. The zero-order valence-electron chi connectivity index (χ0n) is 16.8. The van der Waals surface area contributed by atoms with Crippen molar-refractivity contribution in [3.05, 3.63) is 21.9 Å². The molecule has 1 aliphatic heterocycles. The van der Waals surface area contributed by atoms with Crippen LogP contribution in [0.15, 0.2) is 6.20 Å². The topological polar surface area (TPSA) is 89.0 Å². The third-order valence-corrected chi connectivity index (χ3v) is 5.19. The zero-order chi connectivity index (χ0) is 22.3. The van der Waals surface area contributed by atoms with Gasteiger partial charge < -0.3 is 15.4 Å². The Balaban J connectivity index is 1.97. The fourth-order valence-electron chi connectivity index (χ4n) is 2.33. The highest BCUT2D eigenvalue weighted by Gasteiger charge is 2.44. The molecule has 3 rings (SSSR count). The molecule has 3 heterocycles. The fraction of sp³-hybridized carbons (Fsp3) is 0.467. The molecule has 1 aliphatic rings. The number of carbonyl (C=O) groups excluding carboxylic acids is 1. The minimum absolute atomic E-state index is 0.0781. The van der Waals surface area contributed by atoms with Crippen molar-refractivity contribution in [3.63, 3.8) is 0 Å². The van der Waals surface area contributed by atoms with E-state index in [0.717, 1.165) is 11.3 Å². The monoisotopic (exact) mass is 424 g/mol. The van der Waals surface area contributed by atoms with Crippen LogP contribution in [0.4, 0.5) is 29.9 Å². The third-order valence-electron chi connectivity index (χ3n) is 3.67. The second-order valence-electron chi connectivity index (χ2n) is 5.54. The minimum atomic E-state index is -4.65. The molecule has 27 heavy (non-hydrogen) atoms. The summed E-state index contributed by atoms with van der Waals surface area (Å²) in [5.74, 6) is -1.57. The van der Waals surface area contributed by atoms with Gasteiger partial charge in [0.15, 0.2) is 5.15 Å². The second-order valence-corrected chi connectivity index (χ2v) is 6.90. The maximum absolute atomic E-state index is 13.1. The molecule has 0 radical (unpaired) electrons. The summed E-state index contributed by atoms with van der Waals surface area (Å²) >= 11 is 6.86. The molecule has 0 spiro atoms. The number of hydrogen-bond donors (Lipinski definition) is 2. The summed E-state index contributed by atoms with van der Waals surface area (Å²) in [5.41, 5.74) is -3.00. The molecule has 1 fully saturated rings. The lowest BCUT2D eigenvalue weighted by molar-refractivity contribution is -0.142. The predicted molar refractivity (Wildman–Crippen MR) is 94.5 cm³/mol. The number of nitrogens with one attached hydrogen (secondary N) is 2. The Hall–Kier alpha value is -2.14. The smallest absolute Gasteiger partial charge is 0.421 e. The number of nitrogens with zero attached hydrogens (tertiary/aromatic N) is 3. The molecule has 0 unspecified atom stereocenters. The van der Waals surface area contributed by atoms with E-state index in [1.54, 1.807) is 6.92 Å². The highest BCUT2D eigenvalue weighted by atomic mass is 35.5. The number of cyclic esters (lactones) is 1. The van der Waals surface area contributed by atoms with Gasteiger partial charge in [-0.2, -0.15) is 18.2 Å². The van der Waals surface area contributed by atoms with Crippen molar-refractivity contribution >= 4 is 45.7 Å². The Bertz CT molecular complexity index is 972. The Morgan fingerprint density at radius 2 is 2.26 bits per heavy atom. The van der Waals surface area contributed by atoms with Crippen molar-refractivity contribution in [1.29, 1.82) is 0 Å². The highest BCUT2D eigenvalue weighted by molar-refractivity contribution is 7.16. The first-order chi connectivity index (χ1) is 13.9. The molecular formula is C15H15ClF3N5O2S. The molecule has 0 aliphatic carbocycles.